The van der Waals surface area contributed by atoms with Crippen molar-refractivity contribution in [1.29, 1.82) is 0 Å². The second-order valence-corrected chi connectivity index (χ2v) is 5.53. The largest absolute Gasteiger partial charge is 0.391 e. The highest BCUT2D eigenvalue weighted by atomic mass is 19.4. The monoisotopic (exact) mass is 298 g/mol. The zero-order valence-electron chi connectivity index (χ0n) is 11.7. The van der Waals surface area contributed by atoms with Gasteiger partial charge in [-0.3, -0.25) is 0 Å². The van der Waals surface area contributed by atoms with Crippen molar-refractivity contribution in [3.8, 4) is 0 Å². The molecule has 21 heavy (non-hydrogen) atoms. The first-order chi connectivity index (χ1) is 9.97. The molecule has 7 heteroatoms. The van der Waals surface area contributed by atoms with Gasteiger partial charge >= 0.3 is 6.18 Å². The van der Waals surface area contributed by atoms with Crippen molar-refractivity contribution < 1.29 is 13.2 Å². The highest BCUT2D eigenvalue weighted by Gasteiger charge is 2.41. The summed E-state index contributed by atoms with van der Waals surface area (Å²) in [5.41, 5.74) is 1.43. The predicted molar refractivity (Wildman–Crippen MR) is 74.2 cm³/mol. The van der Waals surface area contributed by atoms with Crippen LogP contribution in [-0.4, -0.2) is 28.2 Å². The van der Waals surface area contributed by atoms with Crippen LogP contribution in [0.5, 0.6) is 0 Å². The Labute approximate surface area is 120 Å². The number of aromatic nitrogens is 3. The van der Waals surface area contributed by atoms with E-state index >= 15 is 0 Å². The van der Waals surface area contributed by atoms with Crippen molar-refractivity contribution in [2.75, 3.05) is 12.4 Å². The van der Waals surface area contributed by atoms with Crippen molar-refractivity contribution >= 4 is 17.0 Å². The van der Waals surface area contributed by atoms with E-state index in [2.05, 4.69) is 20.3 Å². The van der Waals surface area contributed by atoms with Crippen LogP contribution in [0.15, 0.2) is 12.1 Å². The Morgan fingerprint density at radius 2 is 1.86 bits per heavy atom. The third kappa shape index (κ3) is 2.82. The fourth-order valence-electron chi connectivity index (χ4n) is 2.94. The average molecular weight is 298 g/mol. The van der Waals surface area contributed by atoms with E-state index in [1.165, 1.54) is 0 Å². The molecule has 1 fully saturated rings. The molecule has 1 saturated carbocycles. The number of hydrogen-bond acceptors (Lipinski definition) is 3. The number of aromatic amines is 1. The van der Waals surface area contributed by atoms with Crippen molar-refractivity contribution in [3.05, 3.63) is 18.0 Å². The summed E-state index contributed by atoms with van der Waals surface area (Å²) in [7, 11) is 1.78. The maximum absolute atomic E-state index is 12.7. The first-order valence-electron chi connectivity index (χ1n) is 7.08. The Kier molecular flexibility index (Phi) is 3.51. The molecule has 1 aliphatic rings. The minimum absolute atomic E-state index is 0.0656. The molecule has 2 heterocycles. The van der Waals surface area contributed by atoms with Crippen LogP contribution in [0, 0.1) is 5.92 Å². The van der Waals surface area contributed by atoms with Crippen LogP contribution in [0.4, 0.5) is 19.0 Å². The lowest BCUT2D eigenvalue weighted by molar-refractivity contribution is -0.182. The lowest BCUT2D eigenvalue weighted by atomic mass is 9.81. The third-order valence-electron chi connectivity index (χ3n) is 4.20. The van der Waals surface area contributed by atoms with E-state index in [0.717, 1.165) is 17.2 Å². The fraction of sp³-hybridized carbons (Fsp3) is 0.571. The Balaban J connectivity index is 1.76. The van der Waals surface area contributed by atoms with Crippen molar-refractivity contribution in [2.45, 2.75) is 37.8 Å². The average Bonchev–Trinajstić information content (AvgIpc) is 2.89. The van der Waals surface area contributed by atoms with Crippen LogP contribution >= 0.6 is 0 Å². The molecule has 0 saturated heterocycles. The summed E-state index contributed by atoms with van der Waals surface area (Å²) in [5.74, 6) is 0.385. The number of fused-ring (bicyclic) bond motifs is 1. The molecular formula is C14H17F3N4. The van der Waals surface area contributed by atoms with Gasteiger partial charge in [0, 0.05) is 13.0 Å². The third-order valence-corrected chi connectivity index (χ3v) is 4.20. The van der Waals surface area contributed by atoms with E-state index in [1.54, 1.807) is 7.05 Å². The molecule has 0 aromatic carbocycles. The molecule has 114 valence electrons. The number of anilines is 1. The number of nitrogens with one attached hydrogen (secondary N) is 2. The summed E-state index contributed by atoms with van der Waals surface area (Å²) in [6, 6.07) is 3.72. The lowest BCUT2D eigenvalue weighted by Crippen LogP contribution is -2.27. The van der Waals surface area contributed by atoms with Gasteiger partial charge in [0.1, 0.15) is 11.6 Å². The van der Waals surface area contributed by atoms with Gasteiger partial charge in [-0.1, -0.05) is 0 Å². The molecule has 0 aliphatic heterocycles. The van der Waals surface area contributed by atoms with Gasteiger partial charge in [-0.15, -0.1) is 0 Å². The number of halogens is 3. The van der Waals surface area contributed by atoms with E-state index < -0.39 is 12.1 Å². The van der Waals surface area contributed by atoms with Gasteiger partial charge in [-0.25, -0.2) is 9.97 Å². The van der Waals surface area contributed by atoms with E-state index in [0.29, 0.717) is 18.5 Å². The molecule has 3 rings (SSSR count). The Bertz CT molecular complexity index is 627. The van der Waals surface area contributed by atoms with Crippen LogP contribution in [0.3, 0.4) is 0 Å². The van der Waals surface area contributed by atoms with Gasteiger partial charge in [0.2, 0.25) is 0 Å². The predicted octanol–water partition coefficient (Wildman–Crippen LogP) is 3.84. The van der Waals surface area contributed by atoms with Crippen LogP contribution in [0.25, 0.3) is 11.2 Å². The normalized spacial score (nSPS) is 23.4. The molecule has 2 aromatic rings. The van der Waals surface area contributed by atoms with Gasteiger partial charge in [0.05, 0.1) is 11.4 Å². The highest BCUT2D eigenvalue weighted by Crippen LogP contribution is 2.42. The number of imidazole rings is 1. The minimum Gasteiger partial charge on any atom is -0.373 e. The van der Waals surface area contributed by atoms with Gasteiger partial charge in [-0.2, -0.15) is 13.2 Å². The Hall–Kier alpha value is -1.79. The number of hydrogen-bond donors (Lipinski definition) is 2. The highest BCUT2D eigenvalue weighted by molar-refractivity contribution is 5.73. The maximum Gasteiger partial charge on any atom is 0.391 e. The SMILES string of the molecule is CNc1ccc2[nH]c(C3CCC(C(F)(F)F)CC3)nc2n1. The Morgan fingerprint density at radius 1 is 1.14 bits per heavy atom. The zero-order chi connectivity index (χ0) is 15.0. The summed E-state index contributed by atoms with van der Waals surface area (Å²) in [4.78, 5) is 12.0. The van der Waals surface area contributed by atoms with Crippen molar-refractivity contribution in [1.82, 2.24) is 15.0 Å². The summed E-state index contributed by atoms with van der Waals surface area (Å²) < 4.78 is 38.0. The number of nitrogens with zero attached hydrogens (tertiary/aromatic N) is 2. The molecule has 0 radical (unpaired) electrons. The molecule has 0 bridgehead atoms. The van der Waals surface area contributed by atoms with E-state index in [1.807, 2.05) is 12.1 Å². The lowest BCUT2D eigenvalue weighted by Gasteiger charge is -2.28. The van der Waals surface area contributed by atoms with Crippen LogP contribution in [0.2, 0.25) is 0 Å². The van der Waals surface area contributed by atoms with E-state index in [-0.39, 0.29) is 18.8 Å². The summed E-state index contributed by atoms with van der Waals surface area (Å²) in [6.07, 6.45) is -2.67. The molecule has 0 atom stereocenters. The topological polar surface area (TPSA) is 53.6 Å². The summed E-state index contributed by atoms with van der Waals surface area (Å²) >= 11 is 0. The van der Waals surface area contributed by atoms with Gasteiger partial charge < -0.3 is 10.3 Å². The summed E-state index contributed by atoms with van der Waals surface area (Å²) in [5, 5.41) is 2.94. The van der Waals surface area contributed by atoms with Gasteiger partial charge in [0.25, 0.3) is 0 Å². The molecule has 0 spiro atoms. The molecule has 1 aliphatic carbocycles. The van der Waals surface area contributed by atoms with Crippen LogP contribution < -0.4 is 5.32 Å². The fourth-order valence-corrected chi connectivity index (χ4v) is 2.94. The molecule has 2 aromatic heterocycles. The molecule has 4 nitrogen and oxygen atoms in total. The van der Waals surface area contributed by atoms with Gasteiger partial charge in [-0.05, 0) is 37.8 Å². The molecule has 2 N–H and O–H groups in total. The number of pyridine rings is 1. The van der Waals surface area contributed by atoms with Crippen LogP contribution in [0.1, 0.15) is 37.4 Å². The number of H-pyrrole nitrogens is 1. The molecule has 0 unspecified atom stereocenters. The molecule has 0 amide bonds. The number of rotatable bonds is 2. The van der Waals surface area contributed by atoms with Crippen LogP contribution in [-0.2, 0) is 0 Å². The zero-order valence-corrected chi connectivity index (χ0v) is 11.7. The van der Waals surface area contributed by atoms with Crippen molar-refractivity contribution in [2.24, 2.45) is 5.92 Å². The smallest absolute Gasteiger partial charge is 0.373 e. The standard InChI is InChI=1S/C14H17F3N4/c1-18-11-7-6-10-13(20-11)21-12(19-10)8-2-4-9(5-3-8)14(15,16)17/h6-9H,2-5H2,1H3,(H2,18,19,20,21). The quantitative estimate of drug-likeness (QED) is 0.885. The van der Waals surface area contributed by atoms with Crippen molar-refractivity contribution in [3.63, 3.8) is 0 Å². The maximum atomic E-state index is 12.7. The van der Waals surface area contributed by atoms with E-state index in [4.69, 9.17) is 0 Å². The second-order valence-electron chi connectivity index (χ2n) is 5.53. The van der Waals surface area contributed by atoms with Gasteiger partial charge in [0.15, 0.2) is 5.65 Å². The number of alkyl halides is 3. The first-order valence-corrected chi connectivity index (χ1v) is 7.08. The minimum atomic E-state index is -4.07. The second kappa shape index (κ2) is 5.20. The summed E-state index contributed by atoms with van der Waals surface area (Å²) in [6.45, 7) is 0. The first kappa shape index (κ1) is 14.2. The molecular weight excluding hydrogens is 281 g/mol. The van der Waals surface area contributed by atoms with E-state index in [9.17, 15) is 13.2 Å². The Morgan fingerprint density at radius 3 is 2.48 bits per heavy atom.